The minimum Gasteiger partial charge on any atom is -0.389 e. The maximum atomic E-state index is 10.3. The number of rotatable bonds is 3. The molecule has 2 heteroatoms. The number of thioether (sulfide) groups is 1. The van der Waals surface area contributed by atoms with Gasteiger partial charge in [0, 0.05) is 10.6 Å². The smallest absolute Gasteiger partial charge is 0.0741 e. The Balaban J connectivity index is 1.87. The average molecular weight is 222 g/mol. The van der Waals surface area contributed by atoms with E-state index in [0.717, 1.165) is 18.6 Å². The van der Waals surface area contributed by atoms with E-state index in [4.69, 9.17) is 0 Å². The highest BCUT2D eigenvalue weighted by Crippen LogP contribution is 2.33. The van der Waals surface area contributed by atoms with Gasteiger partial charge in [-0.15, -0.1) is 11.8 Å². The summed E-state index contributed by atoms with van der Waals surface area (Å²) < 4.78 is 0. The van der Waals surface area contributed by atoms with Crippen molar-refractivity contribution in [1.29, 1.82) is 0 Å². The normalized spacial score (nSPS) is 20.1. The molecule has 15 heavy (non-hydrogen) atoms. The summed E-state index contributed by atoms with van der Waals surface area (Å²) in [7, 11) is 0. The first-order valence-corrected chi connectivity index (χ1v) is 6.67. The van der Waals surface area contributed by atoms with Crippen molar-refractivity contribution in [2.24, 2.45) is 0 Å². The van der Waals surface area contributed by atoms with Gasteiger partial charge < -0.3 is 5.11 Å². The molecule has 1 aromatic rings. The quantitative estimate of drug-likeness (QED) is 0.790. The van der Waals surface area contributed by atoms with Crippen molar-refractivity contribution >= 4 is 11.8 Å². The highest BCUT2D eigenvalue weighted by atomic mass is 32.2. The van der Waals surface area contributed by atoms with Crippen molar-refractivity contribution in [3.8, 4) is 0 Å². The van der Waals surface area contributed by atoms with Crippen LogP contribution in [0.4, 0.5) is 0 Å². The third-order valence-electron chi connectivity index (χ3n) is 3.03. The van der Waals surface area contributed by atoms with Crippen LogP contribution in [-0.4, -0.2) is 16.5 Å². The molecule has 0 atom stereocenters. The van der Waals surface area contributed by atoms with Crippen LogP contribution in [0.3, 0.4) is 0 Å². The van der Waals surface area contributed by atoms with Gasteiger partial charge >= 0.3 is 0 Å². The van der Waals surface area contributed by atoms with Crippen molar-refractivity contribution in [2.75, 3.05) is 5.75 Å². The molecule has 0 amide bonds. The summed E-state index contributed by atoms with van der Waals surface area (Å²) in [6, 6.07) is 10.3. The van der Waals surface area contributed by atoms with Crippen LogP contribution in [-0.2, 0) is 0 Å². The molecule has 2 rings (SSSR count). The third-order valence-corrected chi connectivity index (χ3v) is 4.32. The second-order valence-electron chi connectivity index (χ2n) is 4.39. The summed E-state index contributed by atoms with van der Waals surface area (Å²) >= 11 is 1.78. The Kier molecular flexibility index (Phi) is 3.71. The van der Waals surface area contributed by atoms with Crippen LogP contribution in [0.1, 0.15) is 32.1 Å². The van der Waals surface area contributed by atoms with Crippen molar-refractivity contribution in [1.82, 2.24) is 0 Å². The second kappa shape index (κ2) is 5.04. The van der Waals surface area contributed by atoms with Gasteiger partial charge in [0.15, 0.2) is 0 Å². The van der Waals surface area contributed by atoms with E-state index in [2.05, 4.69) is 12.1 Å². The van der Waals surface area contributed by atoms with E-state index >= 15 is 0 Å². The summed E-state index contributed by atoms with van der Waals surface area (Å²) in [4.78, 5) is 1.26. The van der Waals surface area contributed by atoms with E-state index in [1.165, 1.54) is 24.2 Å². The van der Waals surface area contributed by atoms with Gasteiger partial charge in [-0.05, 0) is 25.0 Å². The molecule has 0 heterocycles. The number of benzene rings is 1. The van der Waals surface area contributed by atoms with Crippen molar-refractivity contribution < 1.29 is 5.11 Å². The van der Waals surface area contributed by atoms with E-state index in [9.17, 15) is 5.11 Å². The summed E-state index contributed by atoms with van der Waals surface area (Å²) in [6.45, 7) is 0. The van der Waals surface area contributed by atoms with Gasteiger partial charge in [0.05, 0.1) is 5.60 Å². The monoisotopic (exact) mass is 222 g/mol. The standard InChI is InChI=1S/C13H18OS/c14-13(9-5-2-6-10-13)11-15-12-7-3-1-4-8-12/h1,3-4,7-8,14H,2,5-6,9-11H2. The fourth-order valence-corrected chi connectivity index (χ4v) is 3.16. The first-order chi connectivity index (χ1) is 7.29. The minimum atomic E-state index is -0.404. The Hall–Kier alpha value is -0.470. The predicted molar refractivity (Wildman–Crippen MR) is 65.2 cm³/mol. The van der Waals surface area contributed by atoms with Gasteiger partial charge in [-0.3, -0.25) is 0 Å². The lowest BCUT2D eigenvalue weighted by atomic mass is 9.86. The number of hydrogen-bond donors (Lipinski definition) is 1. The van der Waals surface area contributed by atoms with E-state index < -0.39 is 5.60 Å². The molecule has 1 saturated carbocycles. The van der Waals surface area contributed by atoms with Crippen molar-refractivity contribution in [3.63, 3.8) is 0 Å². The number of hydrogen-bond acceptors (Lipinski definition) is 2. The maximum Gasteiger partial charge on any atom is 0.0741 e. The van der Waals surface area contributed by atoms with Crippen LogP contribution in [0.5, 0.6) is 0 Å². The lowest BCUT2D eigenvalue weighted by Crippen LogP contribution is -2.33. The summed E-state index contributed by atoms with van der Waals surface area (Å²) in [5.41, 5.74) is -0.404. The van der Waals surface area contributed by atoms with Crippen LogP contribution < -0.4 is 0 Å². The third kappa shape index (κ3) is 3.25. The highest BCUT2D eigenvalue weighted by molar-refractivity contribution is 7.99. The van der Waals surface area contributed by atoms with Gasteiger partial charge in [-0.25, -0.2) is 0 Å². The maximum absolute atomic E-state index is 10.3. The van der Waals surface area contributed by atoms with Gasteiger partial charge in [-0.1, -0.05) is 37.5 Å². The van der Waals surface area contributed by atoms with Crippen LogP contribution in [0, 0.1) is 0 Å². The van der Waals surface area contributed by atoms with E-state index in [0.29, 0.717) is 0 Å². The Labute approximate surface area is 95.9 Å². The number of aliphatic hydroxyl groups is 1. The van der Waals surface area contributed by atoms with Crippen LogP contribution in [0.15, 0.2) is 35.2 Å². The van der Waals surface area contributed by atoms with Gasteiger partial charge in [0.25, 0.3) is 0 Å². The molecule has 0 aromatic heterocycles. The van der Waals surface area contributed by atoms with Gasteiger partial charge in [0.1, 0.15) is 0 Å². The molecule has 0 radical (unpaired) electrons. The first-order valence-electron chi connectivity index (χ1n) is 5.69. The molecule has 1 N–H and O–H groups in total. The zero-order valence-corrected chi connectivity index (χ0v) is 9.80. The zero-order chi connectivity index (χ0) is 10.6. The van der Waals surface area contributed by atoms with E-state index in [1.54, 1.807) is 11.8 Å². The Morgan fingerprint density at radius 3 is 2.40 bits per heavy atom. The van der Waals surface area contributed by atoms with Gasteiger partial charge in [0.2, 0.25) is 0 Å². The van der Waals surface area contributed by atoms with Crippen LogP contribution in [0.25, 0.3) is 0 Å². The SMILES string of the molecule is OC1(CSc2ccccc2)CCCCC1. The Morgan fingerprint density at radius 2 is 1.73 bits per heavy atom. The molecule has 0 unspecified atom stereocenters. The summed E-state index contributed by atoms with van der Waals surface area (Å²) in [5, 5.41) is 10.3. The van der Waals surface area contributed by atoms with Gasteiger partial charge in [-0.2, -0.15) is 0 Å². The molecular formula is C13H18OS. The predicted octanol–water partition coefficient (Wildman–Crippen LogP) is 3.47. The van der Waals surface area contributed by atoms with Crippen molar-refractivity contribution in [2.45, 2.75) is 42.6 Å². The summed E-state index contributed by atoms with van der Waals surface area (Å²) in [5.74, 6) is 0.844. The molecule has 82 valence electrons. The zero-order valence-electron chi connectivity index (χ0n) is 8.98. The fourth-order valence-electron chi connectivity index (χ4n) is 2.09. The topological polar surface area (TPSA) is 20.2 Å². The lowest BCUT2D eigenvalue weighted by Gasteiger charge is -2.31. The highest BCUT2D eigenvalue weighted by Gasteiger charge is 2.28. The molecular weight excluding hydrogens is 204 g/mol. The molecule has 1 nitrogen and oxygen atoms in total. The minimum absolute atomic E-state index is 0.404. The molecule has 1 aliphatic rings. The molecule has 0 aliphatic heterocycles. The Bertz CT molecular complexity index is 291. The molecule has 0 bridgehead atoms. The first kappa shape index (κ1) is 11.0. The molecule has 0 spiro atoms. The largest absolute Gasteiger partial charge is 0.389 e. The van der Waals surface area contributed by atoms with E-state index in [-0.39, 0.29) is 0 Å². The second-order valence-corrected chi connectivity index (χ2v) is 5.44. The lowest BCUT2D eigenvalue weighted by molar-refractivity contribution is 0.0273. The molecule has 1 fully saturated rings. The average Bonchev–Trinajstić information content (AvgIpc) is 2.29. The van der Waals surface area contributed by atoms with Crippen LogP contribution >= 0.6 is 11.8 Å². The molecule has 1 aromatic carbocycles. The van der Waals surface area contributed by atoms with Crippen LogP contribution in [0.2, 0.25) is 0 Å². The molecule has 1 aliphatic carbocycles. The fraction of sp³-hybridized carbons (Fsp3) is 0.538. The Morgan fingerprint density at radius 1 is 1.07 bits per heavy atom. The van der Waals surface area contributed by atoms with E-state index in [1.807, 2.05) is 18.2 Å². The van der Waals surface area contributed by atoms with Crippen molar-refractivity contribution in [3.05, 3.63) is 30.3 Å². The molecule has 0 saturated heterocycles. The summed E-state index contributed by atoms with van der Waals surface area (Å²) in [6.07, 6.45) is 5.62.